The summed E-state index contributed by atoms with van der Waals surface area (Å²) >= 11 is 13.5. The van der Waals surface area contributed by atoms with Crippen LogP contribution in [0.5, 0.6) is 0 Å². The lowest BCUT2D eigenvalue weighted by atomic mass is 10.2. The summed E-state index contributed by atoms with van der Waals surface area (Å²) in [5.74, 6) is 0. The van der Waals surface area contributed by atoms with Gasteiger partial charge in [-0.15, -0.1) is 11.3 Å². The van der Waals surface area contributed by atoms with Gasteiger partial charge in [0.05, 0.1) is 33.1 Å². The molecule has 0 bridgehead atoms. The molecule has 0 amide bonds. The van der Waals surface area contributed by atoms with E-state index in [0.29, 0.717) is 16.5 Å². The van der Waals surface area contributed by atoms with Crippen molar-refractivity contribution in [3.8, 4) is 6.07 Å². The third-order valence-electron chi connectivity index (χ3n) is 2.72. The van der Waals surface area contributed by atoms with Crippen molar-refractivity contribution < 1.29 is 4.84 Å². The molecule has 0 aliphatic carbocycles. The van der Waals surface area contributed by atoms with Crippen molar-refractivity contribution in [1.29, 1.82) is 5.26 Å². The number of thiophene rings is 1. The summed E-state index contributed by atoms with van der Waals surface area (Å²) in [4.78, 5) is 7.33. The Hall–Kier alpha value is -1.54. The molecule has 21 heavy (non-hydrogen) atoms. The molecule has 3 nitrogen and oxygen atoms in total. The molecule has 0 atom stereocenters. The topological polar surface area (TPSA) is 45.4 Å². The first-order chi connectivity index (χ1) is 10.1. The fourth-order valence-electron chi connectivity index (χ4n) is 1.65. The lowest BCUT2D eigenvalue weighted by Crippen LogP contribution is -1.94. The number of oxime groups is 1. The number of rotatable bonds is 5. The quantitative estimate of drug-likeness (QED) is 0.564. The molecular formula is C15H12Cl2N2OS. The van der Waals surface area contributed by atoms with Crippen LogP contribution < -0.4 is 0 Å². The molecule has 0 spiro atoms. The predicted molar refractivity (Wildman–Crippen MR) is 87.1 cm³/mol. The van der Waals surface area contributed by atoms with Gasteiger partial charge < -0.3 is 4.84 Å². The molecule has 1 aromatic heterocycles. The van der Waals surface area contributed by atoms with Crippen LogP contribution in [0.15, 0.2) is 35.5 Å². The Kier molecular flexibility index (Phi) is 5.63. The molecule has 1 heterocycles. The minimum absolute atomic E-state index is 0.257. The van der Waals surface area contributed by atoms with E-state index in [9.17, 15) is 0 Å². The van der Waals surface area contributed by atoms with Gasteiger partial charge in [0.25, 0.3) is 0 Å². The number of nitriles is 1. The van der Waals surface area contributed by atoms with Gasteiger partial charge >= 0.3 is 0 Å². The molecule has 0 fully saturated rings. The van der Waals surface area contributed by atoms with Crippen LogP contribution in [0.4, 0.5) is 0 Å². The first-order valence-electron chi connectivity index (χ1n) is 6.17. The van der Waals surface area contributed by atoms with Crippen LogP contribution in [0.2, 0.25) is 10.0 Å². The molecule has 0 aliphatic rings. The number of benzene rings is 1. The average Bonchev–Trinajstić information content (AvgIpc) is 2.92. The normalized spacial score (nSPS) is 11.2. The third-order valence-corrected chi connectivity index (χ3v) is 4.78. The van der Waals surface area contributed by atoms with Gasteiger partial charge in [-0.25, -0.2) is 0 Å². The van der Waals surface area contributed by atoms with E-state index < -0.39 is 0 Å². The highest BCUT2D eigenvalue weighted by atomic mass is 35.5. The van der Waals surface area contributed by atoms with Gasteiger partial charge in [0.15, 0.2) is 0 Å². The zero-order valence-corrected chi connectivity index (χ0v) is 13.6. The second-order valence-corrected chi connectivity index (χ2v) is 6.22. The van der Waals surface area contributed by atoms with Crippen molar-refractivity contribution in [2.45, 2.75) is 20.0 Å². The predicted octanol–water partition coefficient (Wildman–Crippen LogP) is 5.06. The van der Waals surface area contributed by atoms with Gasteiger partial charge in [-0.05, 0) is 25.1 Å². The number of halogens is 2. The van der Waals surface area contributed by atoms with E-state index in [2.05, 4.69) is 11.2 Å². The zero-order valence-electron chi connectivity index (χ0n) is 11.3. The van der Waals surface area contributed by atoms with E-state index in [0.717, 1.165) is 21.0 Å². The van der Waals surface area contributed by atoms with Crippen LogP contribution in [0, 0.1) is 11.3 Å². The molecule has 0 aliphatic heterocycles. The highest BCUT2D eigenvalue weighted by Crippen LogP contribution is 2.26. The van der Waals surface area contributed by atoms with Crippen molar-refractivity contribution in [2.24, 2.45) is 5.16 Å². The smallest absolute Gasteiger partial charge is 0.143 e. The highest BCUT2D eigenvalue weighted by Gasteiger charge is 2.06. The molecule has 0 unspecified atom stereocenters. The Bertz CT molecular complexity index is 704. The van der Waals surface area contributed by atoms with E-state index in [1.165, 1.54) is 11.3 Å². The molecule has 0 radical (unpaired) electrons. The minimum Gasteiger partial charge on any atom is -0.391 e. The van der Waals surface area contributed by atoms with Gasteiger partial charge in [-0.3, -0.25) is 0 Å². The molecule has 2 aromatic rings. The maximum absolute atomic E-state index is 8.66. The molecule has 108 valence electrons. The summed E-state index contributed by atoms with van der Waals surface area (Å²) in [5, 5.41) is 13.7. The van der Waals surface area contributed by atoms with Gasteiger partial charge in [0, 0.05) is 10.4 Å². The van der Waals surface area contributed by atoms with Crippen LogP contribution >= 0.6 is 34.5 Å². The summed E-state index contributed by atoms with van der Waals surface area (Å²) in [6.45, 7) is 2.12. The Morgan fingerprint density at radius 1 is 1.33 bits per heavy atom. The number of nitrogens with zero attached hydrogens (tertiary/aromatic N) is 2. The standard InChI is InChI=1S/C15H12Cl2N2OS/c1-10(14-6-5-12(21-14)7-8-18)19-20-9-11-3-2-4-13(16)15(11)17/h2-6H,7,9H2,1H3. The van der Waals surface area contributed by atoms with Crippen LogP contribution in [0.25, 0.3) is 0 Å². The second-order valence-electron chi connectivity index (χ2n) is 4.26. The first kappa shape index (κ1) is 15.8. The largest absolute Gasteiger partial charge is 0.391 e. The summed E-state index contributed by atoms with van der Waals surface area (Å²) in [6, 6.07) is 11.4. The van der Waals surface area contributed by atoms with Crippen LogP contribution in [0.1, 0.15) is 22.2 Å². The maximum atomic E-state index is 8.66. The van der Waals surface area contributed by atoms with Gasteiger partial charge in [-0.2, -0.15) is 5.26 Å². The van der Waals surface area contributed by atoms with E-state index in [1.54, 1.807) is 6.07 Å². The van der Waals surface area contributed by atoms with Gasteiger partial charge in [0.2, 0.25) is 0 Å². The Balaban J connectivity index is 2.00. The van der Waals surface area contributed by atoms with Gasteiger partial charge in [0.1, 0.15) is 6.61 Å². The van der Waals surface area contributed by atoms with E-state index >= 15 is 0 Å². The minimum atomic E-state index is 0.257. The fourth-order valence-corrected chi connectivity index (χ4v) is 2.90. The molecule has 1 aromatic carbocycles. The van der Waals surface area contributed by atoms with E-state index in [1.807, 2.05) is 31.2 Å². The molecule has 0 saturated heterocycles. The van der Waals surface area contributed by atoms with Crippen molar-refractivity contribution in [3.05, 3.63) is 55.7 Å². The Labute approximate surface area is 137 Å². The number of hydrogen-bond donors (Lipinski definition) is 0. The maximum Gasteiger partial charge on any atom is 0.143 e. The SMILES string of the molecule is CC(=NOCc1cccc(Cl)c1Cl)c1ccc(CC#N)s1. The second kappa shape index (κ2) is 7.46. The van der Waals surface area contributed by atoms with Crippen LogP contribution in [0.3, 0.4) is 0 Å². The van der Waals surface area contributed by atoms with E-state index in [-0.39, 0.29) is 6.61 Å². The van der Waals surface area contributed by atoms with Crippen molar-refractivity contribution >= 4 is 40.3 Å². The van der Waals surface area contributed by atoms with Crippen molar-refractivity contribution in [3.63, 3.8) is 0 Å². The summed E-state index contributed by atoms with van der Waals surface area (Å²) in [7, 11) is 0. The Morgan fingerprint density at radius 3 is 2.90 bits per heavy atom. The van der Waals surface area contributed by atoms with Crippen LogP contribution in [-0.2, 0) is 17.9 Å². The average molecular weight is 339 g/mol. The lowest BCUT2D eigenvalue weighted by molar-refractivity contribution is 0.130. The van der Waals surface area contributed by atoms with Gasteiger partial charge in [-0.1, -0.05) is 40.5 Å². The van der Waals surface area contributed by atoms with E-state index in [4.69, 9.17) is 33.3 Å². The fraction of sp³-hybridized carbons (Fsp3) is 0.200. The van der Waals surface area contributed by atoms with Crippen molar-refractivity contribution in [1.82, 2.24) is 0 Å². The Morgan fingerprint density at radius 2 is 2.14 bits per heavy atom. The summed E-state index contributed by atoms with van der Waals surface area (Å²) in [6.07, 6.45) is 0.414. The van der Waals surface area contributed by atoms with Crippen molar-refractivity contribution in [2.75, 3.05) is 0 Å². The molecule has 6 heteroatoms. The molecule has 2 rings (SSSR count). The molecule has 0 saturated carbocycles. The first-order valence-corrected chi connectivity index (χ1v) is 7.74. The highest BCUT2D eigenvalue weighted by molar-refractivity contribution is 7.14. The number of hydrogen-bond acceptors (Lipinski definition) is 4. The molecular weight excluding hydrogens is 327 g/mol. The monoisotopic (exact) mass is 338 g/mol. The van der Waals surface area contributed by atoms with Crippen LogP contribution in [-0.4, -0.2) is 5.71 Å². The summed E-state index contributed by atoms with van der Waals surface area (Å²) in [5.41, 5.74) is 1.56. The third kappa shape index (κ3) is 4.21. The zero-order chi connectivity index (χ0) is 15.2. The molecule has 0 N–H and O–H groups in total. The summed E-state index contributed by atoms with van der Waals surface area (Å²) < 4.78 is 0. The lowest BCUT2D eigenvalue weighted by Gasteiger charge is -2.04.